The summed E-state index contributed by atoms with van der Waals surface area (Å²) >= 11 is 0. The molecule has 0 saturated heterocycles. The number of methoxy groups -OCH3 is 2. The number of phenols is 1. The standard InChI is InChI=1S/C21H26O7/c1-12-6-4-8-14(22)20(26)15(23)9-5-7-13-19(16(24)10-12)17(25)11-18(27-2)21(13)28-3/h4-5,7-8,11-12,15,20,23,25-26H,6,9-10H2,1-3H3/b7-5+,8-4-/t12-,15-,20+/m0/s1. The van der Waals surface area contributed by atoms with Gasteiger partial charge in [0.1, 0.15) is 11.9 Å². The molecule has 0 spiro atoms. The van der Waals surface area contributed by atoms with Crippen LogP contribution in [0.15, 0.2) is 24.3 Å². The Bertz CT molecular complexity index is 794. The number of hydrogen-bond acceptors (Lipinski definition) is 7. The average Bonchev–Trinajstić information content (AvgIpc) is 2.65. The fourth-order valence-electron chi connectivity index (χ4n) is 3.12. The molecule has 1 aliphatic rings. The van der Waals surface area contributed by atoms with Crippen molar-refractivity contribution in [2.75, 3.05) is 14.2 Å². The third-order valence-corrected chi connectivity index (χ3v) is 4.64. The highest BCUT2D eigenvalue weighted by Crippen LogP contribution is 2.41. The van der Waals surface area contributed by atoms with E-state index in [2.05, 4.69) is 0 Å². The normalized spacial score (nSPS) is 26.1. The molecule has 0 saturated carbocycles. The molecule has 0 bridgehead atoms. The van der Waals surface area contributed by atoms with Crippen LogP contribution >= 0.6 is 0 Å². The molecule has 2 rings (SSSR count). The monoisotopic (exact) mass is 390 g/mol. The minimum Gasteiger partial charge on any atom is -0.507 e. The molecule has 0 radical (unpaired) electrons. The zero-order chi connectivity index (χ0) is 20.8. The predicted octanol–water partition coefficient (Wildman–Crippen LogP) is 2.27. The molecule has 0 unspecified atom stereocenters. The lowest BCUT2D eigenvalue weighted by atomic mass is 9.91. The summed E-state index contributed by atoms with van der Waals surface area (Å²) in [6, 6.07) is 1.33. The van der Waals surface area contributed by atoms with Gasteiger partial charge in [-0.15, -0.1) is 0 Å². The summed E-state index contributed by atoms with van der Waals surface area (Å²) in [7, 11) is 2.84. The second-order valence-corrected chi connectivity index (χ2v) is 6.84. The zero-order valence-electron chi connectivity index (χ0n) is 16.2. The Labute approximate surface area is 163 Å². The summed E-state index contributed by atoms with van der Waals surface area (Å²) < 4.78 is 10.6. The van der Waals surface area contributed by atoms with Gasteiger partial charge in [0.15, 0.2) is 23.1 Å². The highest BCUT2D eigenvalue weighted by atomic mass is 16.5. The molecular formula is C21H26O7. The quantitative estimate of drug-likeness (QED) is 0.710. The van der Waals surface area contributed by atoms with Crippen molar-refractivity contribution in [2.45, 2.75) is 38.4 Å². The smallest absolute Gasteiger partial charge is 0.186 e. The first-order chi connectivity index (χ1) is 13.3. The van der Waals surface area contributed by atoms with Crippen LogP contribution in [0, 0.1) is 5.92 Å². The molecule has 28 heavy (non-hydrogen) atoms. The number of benzene rings is 1. The van der Waals surface area contributed by atoms with Crippen molar-refractivity contribution in [2.24, 2.45) is 5.92 Å². The van der Waals surface area contributed by atoms with Crippen molar-refractivity contribution in [1.29, 1.82) is 0 Å². The number of aromatic hydroxyl groups is 1. The molecule has 3 atom stereocenters. The lowest BCUT2D eigenvalue weighted by Crippen LogP contribution is -2.32. The van der Waals surface area contributed by atoms with Crippen molar-refractivity contribution in [3.63, 3.8) is 0 Å². The van der Waals surface area contributed by atoms with E-state index in [4.69, 9.17) is 9.47 Å². The summed E-state index contributed by atoms with van der Waals surface area (Å²) in [5.41, 5.74) is 0.421. The van der Waals surface area contributed by atoms with Crippen LogP contribution in [0.4, 0.5) is 0 Å². The van der Waals surface area contributed by atoms with Gasteiger partial charge in [-0.2, -0.15) is 0 Å². The number of ether oxygens (including phenoxy) is 2. The van der Waals surface area contributed by atoms with Crippen molar-refractivity contribution in [3.05, 3.63) is 35.4 Å². The Morgan fingerprint density at radius 2 is 1.71 bits per heavy atom. The van der Waals surface area contributed by atoms with Gasteiger partial charge in [-0.1, -0.05) is 25.2 Å². The molecule has 1 aromatic carbocycles. The first kappa shape index (κ1) is 21.7. The van der Waals surface area contributed by atoms with Crippen LogP contribution < -0.4 is 9.47 Å². The van der Waals surface area contributed by atoms with Gasteiger partial charge in [0, 0.05) is 18.1 Å². The SMILES string of the molecule is COc1cc(O)c2c(c1OC)/C=C/C[C@H](O)[C@H](O)C(=O)/C=C\C[C@H](C)CC2=O. The summed E-state index contributed by atoms with van der Waals surface area (Å²) in [5, 5.41) is 30.5. The van der Waals surface area contributed by atoms with E-state index in [1.54, 1.807) is 6.08 Å². The molecule has 0 aliphatic heterocycles. The fourth-order valence-corrected chi connectivity index (χ4v) is 3.12. The molecule has 152 valence electrons. The zero-order valence-corrected chi connectivity index (χ0v) is 16.2. The van der Waals surface area contributed by atoms with E-state index in [0.29, 0.717) is 12.0 Å². The minimum absolute atomic E-state index is 0.0358. The lowest BCUT2D eigenvalue weighted by Gasteiger charge is -2.18. The number of allylic oxidation sites excluding steroid dienone is 1. The second kappa shape index (κ2) is 9.52. The predicted molar refractivity (Wildman–Crippen MR) is 104 cm³/mol. The molecule has 0 amide bonds. The number of hydrogen-bond donors (Lipinski definition) is 3. The number of aliphatic hydroxyl groups is 2. The van der Waals surface area contributed by atoms with Crippen molar-refractivity contribution in [1.82, 2.24) is 0 Å². The molecule has 0 fully saturated rings. The van der Waals surface area contributed by atoms with Crippen LogP contribution in [0.25, 0.3) is 6.08 Å². The first-order valence-corrected chi connectivity index (χ1v) is 9.04. The summed E-state index contributed by atoms with van der Waals surface area (Å²) in [5.74, 6) is -0.676. The Morgan fingerprint density at radius 3 is 2.36 bits per heavy atom. The van der Waals surface area contributed by atoms with E-state index >= 15 is 0 Å². The van der Waals surface area contributed by atoms with Gasteiger partial charge in [-0.3, -0.25) is 9.59 Å². The Morgan fingerprint density at radius 1 is 1.04 bits per heavy atom. The van der Waals surface area contributed by atoms with Crippen LogP contribution in [0.2, 0.25) is 0 Å². The number of aliphatic hydroxyl groups excluding tert-OH is 2. The van der Waals surface area contributed by atoms with Crippen LogP contribution in [0.5, 0.6) is 17.2 Å². The fraction of sp³-hybridized carbons (Fsp3) is 0.429. The van der Waals surface area contributed by atoms with Gasteiger partial charge >= 0.3 is 0 Å². The molecule has 3 N–H and O–H groups in total. The topological polar surface area (TPSA) is 113 Å². The number of carbonyl (C=O) groups excluding carboxylic acids is 2. The third-order valence-electron chi connectivity index (χ3n) is 4.64. The number of ketones is 2. The van der Waals surface area contributed by atoms with Crippen LogP contribution in [0.1, 0.15) is 42.1 Å². The van der Waals surface area contributed by atoms with Gasteiger partial charge in [-0.05, 0) is 24.8 Å². The molecule has 1 aliphatic carbocycles. The van der Waals surface area contributed by atoms with Crippen molar-refractivity contribution >= 4 is 17.6 Å². The van der Waals surface area contributed by atoms with E-state index in [1.165, 1.54) is 38.5 Å². The molecule has 0 aromatic heterocycles. The highest BCUT2D eigenvalue weighted by molar-refractivity contribution is 6.03. The maximum Gasteiger partial charge on any atom is 0.186 e. The van der Waals surface area contributed by atoms with Gasteiger partial charge in [0.25, 0.3) is 0 Å². The number of fused-ring (bicyclic) bond motifs is 1. The lowest BCUT2D eigenvalue weighted by molar-refractivity contribution is -0.127. The number of rotatable bonds is 2. The molecule has 7 nitrogen and oxygen atoms in total. The Hall–Kier alpha value is -2.64. The summed E-state index contributed by atoms with van der Waals surface area (Å²) in [6.07, 6.45) is 3.52. The van der Waals surface area contributed by atoms with E-state index in [9.17, 15) is 24.9 Å². The van der Waals surface area contributed by atoms with E-state index in [1.807, 2.05) is 6.92 Å². The molecule has 7 heteroatoms. The van der Waals surface area contributed by atoms with Crippen molar-refractivity contribution < 1.29 is 34.4 Å². The minimum atomic E-state index is -1.54. The Kier molecular flexibility index (Phi) is 7.37. The Balaban J connectivity index is 2.58. The molecular weight excluding hydrogens is 364 g/mol. The van der Waals surface area contributed by atoms with E-state index in [0.717, 1.165) is 0 Å². The van der Waals surface area contributed by atoms with Crippen LogP contribution in [0.3, 0.4) is 0 Å². The van der Waals surface area contributed by atoms with E-state index < -0.39 is 18.0 Å². The summed E-state index contributed by atoms with van der Waals surface area (Å²) in [4.78, 5) is 24.8. The van der Waals surface area contributed by atoms with Gasteiger partial charge < -0.3 is 24.8 Å². The van der Waals surface area contributed by atoms with Crippen molar-refractivity contribution in [3.8, 4) is 17.2 Å². The van der Waals surface area contributed by atoms with Gasteiger partial charge in [-0.25, -0.2) is 0 Å². The number of phenolic OH excluding ortho intramolecular Hbond substituents is 1. The number of carbonyl (C=O) groups is 2. The maximum absolute atomic E-state index is 12.9. The first-order valence-electron chi connectivity index (χ1n) is 9.04. The maximum atomic E-state index is 12.9. The molecule has 1 aromatic rings. The third kappa shape index (κ3) is 4.79. The van der Waals surface area contributed by atoms with E-state index in [-0.39, 0.29) is 47.4 Å². The van der Waals surface area contributed by atoms with Gasteiger partial charge in [0.05, 0.1) is 25.9 Å². The molecule has 0 heterocycles. The van der Waals surface area contributed by atoms with Crippen LogP contribution in [-0.4, -0.2) is 53.3 Å². The second-order valence-electron chi connectivity index (χ2n) is 6.84. The number of Topliss-reactive ketones (excluding diaryl/α,β-unsaturated/α-hetero) is 1. The highest BCUT2D eigenvalue weighted by Gasteiger charge is 2.25. The van der Waals surface area contributed by atoms with Crippen LogP contribution in [-0.2, 0) is 4.79 Å². The van der Waals surface area contributed by atoms with Gasteiger partial charge in [0.2, 0.25) is 0 Å². The average molecular weight is 390 g/mol. The largest absolute Gasteiger partial charge is 0.507 e. The summed E-state index contributed by atoms with van der Waals surface area (Å²) in [6.45, 7) is 1.84.